The Hall–Kier alpha value is -1.73. The van der Waals surface area contributed by atoms with E-state index in [1.807, 2.05) is 0 Å². The number of likely N-dealkylation sites (tertiary alicyclic amines) is 1. The molecule has 1 saturated heterocycles. The van der Waals surface area contributed by atoms with Crippen LogP contribution >= 0.6 is 11.6 Å². The Bertz CT molecular complexity index is 510. The van der Waals surface area contributed by atoms with Crippen LogP contribution in [0.5, 0.6) is 5.75 Å². The number of halogens is 1. The zero-order valence-electron chi connectivity index (χ0n) is 9.77. The Balaban J connectivity index is 2.21. The summed E-state index contributed by atoms with van der Waals surface area (Å²) in [6.07, 6.45) is 1.63. The summed E-state index contributed by atoms with van der Waals surface area (Å²) in [6.45, 7) is 1.03. The third-order valence-electron chi connectivity index (χ3n) is 3.08. The normalized spacial score (nSPS) is 19.3. The number of rotatable bonds is 1. The summed E-state index contributed by atoms with van der Waals surface area (Å²) < 4.78 is 0. The minimum Gasteiger partial charge on any atom is -0.507 e. The zero-order chi connectivity index (χ0) is 13.1. The molecule has 18 heavy (non-hydrogen) atoms. The Labute approximate surface area is 110 Å². The van der Waals surface area contributed by atoms with Gasteiger partial charge in [-0.25, -0.2) is 0 Å². The van der Waals surface area contributed by atoms with Crippen molar-refractivity contribution in [3.05, 3.63) is 28.8 Å². The Morgan fingerprint density at radius 2 is 2.33 bits per heavy atom. The van der Waals surface area contributed by atoms with Gasteiger partial charge in [0.25, 0.3) is 5.91 Å². The molecular formula is C13H13ClN2O2. The van der Waals surface area contributed by atoms with Crippen LogP contribution in [0.25, 0.3) is 0 Å². The first-order valence-corrected chi connectivity index (χ1v) is 6.17. The predicted octanol–water partition coefficient (Wildman–Crippen LogP) is 2.42. The maximum atomic E-state index is 12.2. The van der Waals surface area contributed by atoms with Gasteiger partial charge < -0.3 is 10.0 Å². The first kappa shape index (κ1) is 12.7. The summed E-state index contributed by atoms with van der Waals surface area (Å²) in [4.78, 5) is 13.8. The van der Waals surface area contributed by atoms with E-state index in [1.165, 1.54) is 18.2 Å². The monoisotopic (exact) mass is 264 g/mol. The fourth-order valence-electron chi connectivity index (χ4n) is 2.12. The van der Waals surface area contributed by atoms with Gasteiger partial charge in [-0.2, -0.15) is 5.26 Å². The molecule has 94 valence electrons. The SMILES string of the molecule is N#CC1CCCN(C(=O)c2cc(Cl)ccc2O)C1. The molecule has 1 aromatic rings. The highest BCUT2D eigenvalue weighted by Gasteiger charge is 2.25. The number of amides is 1. The number of phenols is 1. The van der Waals surface area contributed by atoms with Crippen LogP contribution in [-0.2, 0) is 0 Å². The minimum absolute atomic E-state index is 0.0801. The predicted molar refractivity (Wildman–Crippen MR) is 67.4 cm³/mol. The summed E-state index contributed by atoms with van der Waals surface area (Å²) >= 11 is 5.82. The van der Waals surface area contributed by atoms with Crippen LogP contribution in [0.3, 0.4) is 0 Å². The molecule has 1 unspecified atom stereocenters. The summed E-state index contributed by atoms with van der Waals surface area (Å²) in [7, 11) is 0. The molecule has 2 rings (SSSR count). The van der Waals surface area contributed by atoms with Gasteiger partial charge in [0.15, 0.2) is 0 Å². The molecule has 1 N–H and O–H groups in total. The lowest BCUT2D eigenvalue weighted by Gasteiger charge is -2.29. The second kappa shape index (κ2) is 5.28. The number of nitrogens with zero attached hydrogens (tertiary/aromatic N) is 2. The highest BCUT2D eigenvalue weighted by atomic mass is 35.5. The molecule has 1 fully saturated rings. The number of phenolic OH excluding ortho intramolecular Hbond substituents is 1. The fourth-order valence-corrected chi connectivity index (χ4v) is 2.29. The number of aromatic hydroxyl groups is 1. The third-order valence-corrected chi connectivity index (χ3v) is 3.32. The van der Waals surface area contributed by atoms with Crippen LogP contribution in [0.2, 0.25) is 5.02 Å². The van der Waals surface area contributed by atoms with E-state index in [2.05, 4.69) is 6.07 Å². The van der Waals surface area contributed by atoms with Crippen molar-refractivity contribution >= 4 is 17.5 Å². The van der Waals surface area contributed by atoms with Gasteiger partial charge in [-0.05, 0) is 31.0 Å². The Kier molecular flexibility index (Phi) is 3.73. The topological polar surface area (TPSA) is 64.3 Å². The second-order valence-electron chi connectivity index (χ2n) is 4.38. The standard InChI is InChI=1S/C13H13ClN2O2/c14-10-3-4-12(17)11(6-10)13(18)16-5-1-2-9(7-15)8-16/h3-4,6,9,17H,1-2,5,8H2. The number of carbonyl (C=O) groups is 1. The van der Waals surface area contributed by atoms with Crippen LogP contribution in [0.4, 0.5) is 0 Å². The summed E-state index contributed by atoms with van der Waals surface area (Å²) in [6, 6.07) is 6.57. The van der Waals surface area contributed by atoms with Crippen molar-refractivity contribution in [2.75, 3.05) is 13.1 Å². The molecule has 0 aromatic heterocycles. The molecular weight excluding hydrogens is 252 g/mol. The van der Waals surface area contributed by atoms with Gasteiger partial charge in [0, 0.05) is 18.1 Å². The largest absolute Gasteiger partial charge is 0.507 e. The van der Waals surface area contributed by atoms with Crippen molar-refractivity contribution < 1.29 is 9.90 Å². The van der Waals surface area contributed by atoms with E-state index in [4.69, 9.17) is 16.9 Å². The van der Waals surface area contributed by atoms with Crippen molar-refractivity contribution in [2.45, 2.75) is 12.8 Å². The van der Waals surface area contributed by atoms with Crippen molar-refractivity contribution in [3.8, 4) is 11.8 Å². The summed E-state index contributed by atoms with van der Waals surface area (Å²) in [5, 5.41) is 19.0. The second-order valence-corrected chi connectivity index (χ2v) is 4.82. The smallest absolute Gasteiger partial charge is 0.257 e. The van der Waals surface area contributed by atoms with E-state index < -0.39 is 0 Å². The minimum atomic E-state index is -0.269. The Morgan fingerprint density at radius 3 is 3.06 bits per heavy atom. The molecule has 0 radical (unpaired) electrons. The van der Waals surface area contributed by atoms with Gasteiger partial charge in [0.2, 0.25) is 0 Å². The van der Waals surface area contributed by atoms with Crippen LogP contribution in [0.15, 0.2) is 18.2 Å². The van der Waals surface area contributed by atoms with E-state index in [0.29, 0.717) is 18.1 Å². The van der Waals surface area contributed by atoms with Gasteiger partial charge in [-0.15, -0.1) is 0 Å². The molecule has 1 amide bonds. The van der Waals surface area contributed by atoms with Gasteiger partial charge in [0.05, 0.1) is 17.6 Å². The van der Waals surface area contributed by atoms with Gasteiger partial charge in [-0.3, -0.25) is 4.79 Å². The van der Waals surface area contributed by atoms with E-state index in [9.17, 15) is 9.90 Å². The van der Waals surface area contributed by atoms with Gasteiger partial charge >= 0.3 is 0 Å². The van der Waals surface area contributed by atoms with Crippen molar-refractivity contribution in [3.63, 3.8) is 0 Å². The zero-order valence-corrected chi connectivity index (χ0v) is 10.5. The molecule has 1 aliphatic heterocycles. The number of benzene rings is 1. The van der Waals surface area contributed by atoms with Crippen molar-refractivity contribution in [1.29, 1.82) is 5.26 Å². The van der Waals surface area contributed by atoms with Crippen molar-refractivity contribution in [1.82, 2.24) is 4.90 Å². The van der Waals surface area contributed by atoms with E-state index in [1.54, 1.807) is 4.90 Å². The molecule has 5 heteroatoms. The van der Waals surface area contributed by atoms with Crippen LogP contribution in [0, 0.1) is 17.2 Å². The number of piperidine rings is 1. The van der Waals surface area contributed by atoms with E-state index in [-0.39, 0.29) is 23.1 Å². The van der Waals surface area contributed by atoms with Crippen LogP contribution < -0.4 is 0 Å². The maximum absolute atomic E-state index is 12.2. The number of carbonyl (C=O) groups excluding carboxylic acids is 1. The molecule has 1 atom stereocenters. The van der Waals surface area contributed by atoms with Gasteiger partial charge in [-0.1, -0.05) is 11.6 Å². The molecule has 0 saturated carbocycles. The third kappa shape index (κ3) is 2.57. The van der Waals surface area contributed by atoms with E-state index >= 15 is 0 Å². The molecule has 1 aliphatic rings. The number of hydrogen-bond donors (Lipinski definition) is 1. The molecule has 1 aromatic carbocycles. The first-order valence-electron chi connectivity index (χ1n) is 5.79. The highest BCUT2D eigenvalue weighted by Crippen LogP contribution is 2.25. The average molecular weight is 265 g/mol. The number of nitriles is 1. The quantitative estimate of drug-likeness (QED) is 0.847. The Morgan fingerprint density at radius 1 is 1.56 bits per heavy atom. The van der Waals surface area contributed by atoms with E-state index in [0.717, 1.165) is 12.8 Å². The van der Waals surface area contributed by atoms with Gasteiger partial charge in [0.1, 0.15) is 5.75 Å². The lowest BCUT2D eigenvalue weighted by atomic mass is 9.99. The average Bonchev–Trinajstić information content (AvgIpc) is 2.41. The maximum Gasteiger partial charge on any atom is 0.257 e. The number of hydrogen-bond acceptors (Lipinski definition) is 3. The van der Waals surface area contributed by atoms with Crippen molar-refractivity contribution in [2.24, 2.45) is 5.92 Å². The summed E-state index contributed by atoms with van der Waals surface area (Å²) in [5.41, 5.74) is 0.195. The lowest BCUT2D eigenvalue weighted by molar-refractivity contribution is 0.0696. The summed E-state index contributed by atoms with van der Waals surface area (Å²) in [5.74, 6) is -0.470. The highest BCUT2D eigenvalue weighted by molar-refractivity contribution is 6.31. The molecule has 0 bridgehead atoms. The first-order chi connectivity index (χ1) is 8.61. The molecule has 0 spiro atoms. The molecule has 1 heterocycles. The molecule has 0 aliphatic carbocycles. The van der Waals surface area contributed by atoms with Crippen LogP contribution in [0.1, 0.15) is 23.2 Å². The van der Waals surface area contributed by atoms with Crippen LogP contribution in [-0.4, -0.2) is 29.0 Å². The fraction of sp³-hybridized carbons (Fsp3) is 0.385. The lowest BCUT2D eigenvalue weighted by Crippen LogP contribution is -2.39. The molecule has 4 nitrogen and oxygen atoms in total.